The molecule has 0 spiro atoms. The van der Waals surface area contributed by atoms with Crippen molar-refractivity contribution in [1.29, 1.82) is 0 Å². The average molecular weight is 291 g/mol. The summed E-state index contributed by atoms with van der Waals surface area (Å²) in [6, 6.07) is 10.3. The molecule has 1 aromatic heterocycles. The van der Waals surface area contributed by atoms with Crippen LogP contribution >= 0.6 is 11.6 Å². The summed E-state index contributed by atoms with van der Waals surface area (Å²) in [6.45, 7) is 2.72. The number of benzene rings is 1. The van der Waals surface area contributed by atoms with Gasteiger partial charge in [-0.05, 0) is 25.3 Å². The van der Waals surface area contributed by atoms with E-state index in [-0.39, 0.29) is 5.41 Å². The molecule has 106 valence electrons. The van der Waals surface area contributed by atoms with E-state index in [4.69, 9.17) is 11.6 Å². The molecule has 1 saturated carbocycles. The number of aliphatic hydroxyl groups excluding tert-OH is 1. The van der Waals surface area contributed by atoms with Crippen LogP contribution in [0.1, 0.15) is 43.5 Å². The molecule has 4 heteroatoms. The molecule has 1 aliphatic rings. The second kappa shape index (κ2) is 5.23. The predicted molar refractivity (Wildman–Crippen MR) is 79.8 cm³/mol. The maximum Gasteiger partial charge on any atom is 0.107 e. The molecule has 0 aliphatic heterocycles. The summed E-state index contributed by atoms with van der Waals surface area (Å²) in [5.41, 5.74) is 1.73. The van der Waals surface area contributed by atoms with Gasteiger partial charge in [0.1, 0.15) is 6.10 Å². The lowest BCUT2D eigenvalue weighted by molar-refractivity contribution is 0.0206. The Bertz CT molecular complexity index is 590. The third kappa shape index (κ3) is 1.97. The van der Waals surface area contributed by atoms with Crippen LogP contribution in [0.25, 0.3) is 0 Å². The Morgan fingerprint density at radius 2 is 2.05 bits per heavy atom. The smallest absolute Gasteiger partial charge is 0.107 e. The first-order valence-corrected chi connectivity index (χ1v) is 7.51. The van der Waals surface area contributed by atoms with E-state index in [0.717, 1.165) is 25.0 Å². The average Bonchev–Trinajstić information content (AvgIpc) is 2.79. The van der Waals surface area contributed by atoms with Gasteiger partial charge in [-0.2, -0.15) is 5.10 Å². The topological polar surface area (TPSA) is 38.0 Å². The third-order valence-corrected chi connectivity index (χ3v) is 4.80. The van der Waals surface area contributed by atoms with Gasteiger partial charge >= 0.3 is 0 Å². The van der Waals surface area contributed by atoms with Gasteiger partial charge in [0.2, 0.25) is 0 Å². The minimum Gasteiger partial charge on any atom is -0.386 e. The summed E-state index contributed by atoms with van der Waals surface area (Å²) in [5, 5.41) is 15.8. The van der Waals surface area contributed by atoms with E-state index >= 15 is 0 Å². The molecule has 1 N–H and O–H groups in total. The Balaban J connectivity index is 2.03. The molecule has 0 radical (unpaired) electrons. The fourth-order valence-electron chi connectivity index (χ4n) is 3.21. The number of hydrogen-bond acceptors (Lipinski definition) is 2. The monoisotopic (exact) mass is 290 g/mol. The third-order valence-electron chi connectivity index (χ3n) is 4.51. The Morgan fingerprint density at radius 1 is 1.35 bits per heavy atom. The van der Waals surface area contributed by atoms with Gasteiger partial charge in [0.25, 0.3) is 0 Å². The molecule has 3 nitrogen and oxygen atoms in total. The predicted octanol–water partition coefficient (Wildman–Crippen LogP) is 3.71. The first-order valence-electron chi connectivity index (χ1n) is 7.14. The zero-order valence-corrected chi connectivity index (χ0v) is 12.3. The Kier molecular flexibility index (Phi) is 3.57. The summed E-state index contributed by atoms with van der Waals surface area (Å²) in [5.74, 6) is 0. The molecule has 1 heterocycles. The molecule has 3 rings (SSSR count). The minimum absolute atomic E-state index is 0.210. The van der Waals surface area contributed by atoms with Crippen LogP contribution in [0.15, 0.2) is 36.5 Å². The van der Waals surface area contributed by atoms with Gasteiger partial charge < -0.3 is 5.11 Å². The van der Waals surface area contributed by atoms with Crippen LogP contribution in [0.2, 0.25) is 5.02 Å². The van der Waals surface area contributed by atoms with Gasteiger partial charge in [-0.1, -0.05) is 48.4 Å². The summed E-state index contributed by atoms with van der Waals surface area (Å²) >= 11 is 6.25. The highest BCUT2D eigenvalue weighted by molar-refractivity contribution is 6.31. The van der Waals surface area contributed by atoms with Gasteiger partial charge in [-0.3, -0.25) is 4.68 Å². The molecule has 1 unspecified atom stereocenters. The van der Waals surface area contributed by atoms with Crippen molar-refractivity contribution in [2.24, 2.45) is 0 Å². The van der Waals surface area contributed by atoms with Crippen molar-refractivity contribution < 1.29 is 5.11 Å². The number of aryl methyl sites for hydroxylation is 1. The van der Waals surface area contributed by atoms with Gasteiger partial charge in [0.05, 0.1) is 16.9 Å². The highest BCUT2D eigenvalue weighted by Gasteiger charge is 2.47. The first kappa shape index (κ1) is 13.7. The summed E-state index contributed by atoms with van der Waals surface area (Å²) < 4.78 is 1.80. The van der Waals surface area contributed by atoms with Crippen molar-refractivity contribution in [3.8, 4) is 0 Å². The fraction of sp³-hybridized carbons (Fsp3) is 0.438. The zero-order chi connectivity index (χ0) is 14.2. The van der Waals surface area contributed by atoms with Gasteiger partial charge in [0.15, 0.2) is 0 Å². The molecule has 0 bridgehead atoms. The van der Waals surface area contributed by atoms with E-state index < -0.39 is 6.10 Å². The number of aromatic nitrogens is 2. The van der Waals surface area contributed by atoms with E-state index in [2.05, 4.69) is 17.2 Å². The summed E-state index contributed by atoms with van der Waals surface area (Å²) in [7, 11) is 0. The largest absolute Gasteiger partial charge is 0.386 e. The van der Waals surface area contributed by atoms with E-state index in [1.165, 1.54) is 5.56 Å². The lowest BCUT2D eigenvalue weighted by Gasteiger charge is -2.46. The van der Waals surface area contributed by atoms with Crippen LogP contribution in [-0.2, 0) is 12.0 Å². The normalized spacial score (nSPS) is 18.6. The van der Waals surface area contributed by atoms with Crippen molar-refractivity contribution in [2.75, 3.05) is 0 Å². The summed E-state index contributed by atoms with van der Waals surface area (Å²) in [4.78, 5) is 0. The molecule has 0 saturated heterocycles. The Morgan fingerprint density at radius 3 is 2.60 bits per heavy atom. The SMILES string of the molecule is CCn1ncc(Cl)c1C(O)C1(c2ccccc2)CCC1. The van der Waals surface area contributed by atoms with Crippen LogP contribution in [0.3, 0.4) is 0 Å². The van der Waals surface area contributed by atoms with E-state index in [1.807, 2.05) is 25.1 Å². The van der Waals surface area contributed by atoms with Crippen LogP contribution < -0.4 is 0 Å². The lowest BCUT2D eigenvalue weighted by Crippen LogP contribution is -2.41. The van der Waals surface area contributed by atoms with E-state index in [0.29, 0.717) is 11.6 Å². The molecule has 1 aromatic carbocycles. The maximum absolute atomic E-state index is 11.0. The second-order valence-electron chi connectivity index (χ2n) is 5.47. The Labute approximate surface area is 124 Å². The molecular formula is C16H19ClN2O. The first-order chi connectivity index (χ1) is 9.69. The highest BCUT2D eigenvalue weighted by atomic mass is 35.5. The standard InChI is InChI=1S/C16H19ClN2O/c1-2-19-14(13(17)11-18-19)15(20)16(9-6-10-16)12-7-4-3-5-8-12/h3-5,7-8,11,15,20H,2,6,9-10H2,1H3. The lowest BCUT2D eigenvalue weighted by atomic mass is 9.60. The van der Waals surface area contributed by atoms with Crippen LogP contribution in [0.5, 0.6) is 0 Å². The van der Waals surface area contributed by atoms with Crippen LogP contribution in [-0.4, -0.2) is 14.9 Å². The van der Waals surface area contributed by atoms with Gasteiger partial charge in [0, 0.05) is 12.0 Å². The van der Waals surface area contributed by atoms with Crippen molar-refractivity contribution in [3.63, 3.8) is 0 Å². The summed E-state index contributed by atoms with van der Waals surface area (Å²) in [6.07, 6.45) is 4.14. The minimum atomic E-state index is -0.603. The molecule has 1 aliphatic carbocycles. The molecule has 0 amide bonds. The van der Waals surface area contributed by atoms with Crippen molar-refractivity contribution in [2.45, 2.75) is 44.2 Å². The second-order valence-corrected chi connectivity index (χ2v) is 5.88. The Hall–Kier alpha value is -1.32. The van der Waals surface area contributed by atoms with Gasteiger partial charge in [-0.15, -0.1) is 0 Å². The highest BCUT2D eigenvalue weighted by Crippen LogP contribution is 2.52. The fourth-order valence-corrected chi connectivity index (χ4v) is 3.45. The molecular weight excluding hydrogens is 272 g/mol. The molecule has 2 aromatic rings. The number of nitrogens with zero attached hydrogens (tertiary/aromatic N) is 2. The van der Waals surface area contributed by atoms with Crippen molar-refractivity contribution >= 4 is 11.6 Å². The number of rotatable bonds is 4. The zero-order valence-electron chi connectivity index (χ0n) is 11.6. The number of halogens is 1. The molecule has 1 fully saturated rings. The molecule has 20 heavy (non-hydrogen) atoms. The van der Waals surface area contributed by atoms with Crippen molar-refractivity contribution in [1.82, 2.24) is 9.78 Å². The van der Waals surface area contributed by atoms with Crippen molar-refractivity contribution in [3.05, 3.63) is 52.8 Å². The van der Waals surface area contributed by atoms with E-state index in [9.17, 15) is 5.11 Å². The van der Waals surface area contributed by atoms with Crippen LogP contribution in [0, 0.1) is 0 Å². The number of hydrogen-bond donors (Lipinski definition) is 1. The quantitative estimate of drug-likeness (QED) is 0.932. The number of aliphatic hydroxyl groups is 1. The maximum atomic E-state index is 11.0. The molecule has 1 atom stereocenters. The van der Waals surface area contributed by atoms with Crippen LogP contribution in [0.4, 0.5) is 0 Å². The van der Waals surface area contributed by atoms with Gasteiger partial charge in [-0.25, -0.2) is 0 Å². The van der Waals surface area contributed by atoms with E-state index in [1.54, 1.807) is 10.9 Å².